The zero-order chi connectivity index (χ0) is 12.0. The third-order valence-electron chi connectivity index (χ3n) is 2.27. The number of nitrogens with zero attached hydrogens (tertiary/aromatic N) is 1. The molecular weight excluding hydrogens is 200 g/mol. The fraction of sp³-hybridized carbons (Fsp3) is 0.615. The molecule has 0 aliphatic carbocycles. The first-order valence-electron chi connectivity index (χ1n) is 5.85. The molecular formula is C13H22N2O. The molecule has 1 aromatic rings. The van der Waals surface area contributed by atoms with Gasteiger partial charge in [-0.3, -0.25) is 4.79 Å². The van der Waals surface area contributed by atoms with E-state index >= 15 is 0 Å². The van der Waals surface area contributed by atoms with Gasteiger partial charge in [0.15, 0.2) is 0 Å². The molecule has 0 aliphatic rings. The Balaban J connectivity index is 2.09. The van der Waals surface area contributed by atoms with Gasteiger partial charge in [0, 0.05) is 31.9 Å². The smallest absolute Gasteiger partial charge is 0.220 e. The van der Waals surface area contributed by atoms with Gasteiger partial charge in [0.25, 0.3) is 0 Å². The van der Waals surface area contributed by atoms with Crippen molar-refractivity contribution >= 4 is 5.91 Å². The molecule has 0 saturated carbocycles. The number of amides is 1. The van der Waals surface area contributed by atoms with Crippen LogP contribution in [0.2, 0.25) is 0 Å². The lowest BCUT2D eigenvalue weighted by Crippen LogP contribution is -2.28. The van der Waals surface area contributed by atoms with Crippen LogP contribution in [-0.2, 0) is 11.3 Å². The van der Waals surface area contributed by atoms with E-state index in [2.05, 4.69) is 30.7 Å². The SMILES string of the molecule is CC(C)(C)CC(=O)NCCCn1cccc1. The summed E-state index contributed by atoms with van der Waals surface area (Å²) in [5.41, 5.74) is 0.0739. The van der Waals surface area contributed by atoms with Crippen LogP contribution in [-0.4, -0.2) is 17.0 Å². The molecule has 3 heteroatoms. The topological polar surface area (TPSA) is 34.0 Å². The third-order valence-corrected chi connectivity index (χ3v) is 2.27. The summed E-state index contributed by atoms with van der Waals surface area (Å²) in [6, 6.07) is 4.02. The van der Waals surface area contributed by atoms with Gasteiger partial charge in [0.2, 0.25) is 5.91 Å². The van der Waals surface area contributed by atoms with Gasteiger partial charge < -0.3 is 9.88 Å². The molecule has 0 unspecified atom stereocenters. The van der Waals surface area contributed by atoms with E-state index in [0.29, 0.717) is 6.42 Å². The van der Waals surface area contributed by atoms with Crippen molar-refractivity contribution in [3.8, 4) is 0 Å². The quantitative estimate of drug-likeness (QED) is 0.763. The second kappa shape index (κ2) is 5.73. The Morgan fingerprint density at radius 3 is 2.44 bits per heavy atom. The molecule has 0 saturated heterocycles. The second-order valence-corrected chi connectivity index (χ2v) is 5.36. The van der Waals surface area contributed by atoms with Crippen molar-refractivity contribution in [2.24, 2.45) is 5.41 Å². The Morgan fingerprint density at radius 1 is 1.25 bits per heavy atom. The molecule has 16 heavy (non-hydrogen) atoms. The van der Waals surface area contributed by atoms with Crippen molar-refractivity contribution in [1.29, 1.82) is 0 Å². The lowest BCUT2D eigenvalue weighted by molar-refractivity contribution is -0.122. The van der Waals surface area contributed by atoms with Crippen molar-refractivity contribution in [3.63, 3.8) is 0 Å². The summed E-state index contributed by atoms with van der Waals surface area (Å²) in [5, 5.41) is 2.95. The Hall–Kier alpha value is -1.25. The average molecular weight is 222 g/mol. The molecule has 0 spiro atoms. The lowest BCUT2D eigenvalue weighted by Gasteiger charge is -2.17. The molecule has 90 valence electrons. The number of rotatable bonds is 5. The Labute approximate surface area is 97.8 Å². The minimum Gasteiger partial charge on any atom is -0.356 e. The van der Waals surface area contributed by atoms with Gasteiger partial charge in [0.1, 0.15) is 0 Å². The highest BCUT2D eigenvalue weighted by Crippen LogP contribution is 2.17. The Kier molecular flexibility index (Phi) is 4.59. The van der Waals surface area contributed by atoms with E-state index in [-0.39, 0.29) is 11.3 Å². The van der Waals surface area contributed by atoms with Crippen LogP contribution in [0.4, 0.5) is 0 Å². The molecule has 0 radical (unpaired) electrons. The number of carbonyl (C=O) groups is 1. The molecule has 0 atom stereocenters. The van der Waals surface area contributed by atoms with Gasteiger partial charge in [0.05, 0.1) is 0 Å². The summed E-state index contributed by atoms with van der Waals surface area (Å²) < 4.78 is 2.12. The molecule has 1 amide bonds. The van der Waals surface area contributed by atoms with E-state index < -0.39 is 0 Å². The van der Waals surface area contributed by atoms with Gasteiger partial charge in [-0.1, -0.05) is 20.8 Å². The van der Waals surface area contributed by atoms with Crippen LogP contribution in [0.25, 0.3) is 0 Å². The molecule has 1 aromatic heterocycles. The van der Waals surface area contributed by atoms with E-state index in [1.807, 2.05) is 24.5 Å². The van der Waals surface area contributed by atoms with Crippen molar-refractivity contribution < 1.29 is 4.79 Å². The molecule has 1 rings (SSSR count). The number of hydrogen-bond donors (Lipinski definition) is 1. The molecule has 0 bridgehead atoms. The largest absolute Gasteiger partial charge is 0.356 e. The maximum Gasteiger partial charge on any atom is 0.220 e. The van der Waals surface area contributed by atoms with E-state index in [1.165, 1.54) is 0 Å². The zero-order valence-electron chi connectivity index (χ0n) is 10.5. The number of hydrogen-bond acceptors (Lipinski definition) is 1. The third kappa shape index (κ3) is 5.59. The van der Waals surface area contributed by atoms with Crippen LogP contribution in [0.15, 0.2) is 24.5 Å². The molecule has 0 aromatic carbocycles. The normalized spacial score (nSPS) is 11.4. The van der Waals surface area contributed by atoms with E-state index in [0.717, 1.165) is 19.5 Å². The van der Waals surface area contributed by atoms with Gasteiger partial charge >= 0.3 is 0 Å². The van der Waals surface area contributed by atoms with E-state index in [4.69, 9.17) is 0 Å². The second-order valence-electron chi connectivity index (χ2n) is 5.36. The number of carbonyl (C=O) groups excluding carboxylic acids is 1. The maximum absolute atomic E-state index is 11.5. The van der Waals surface area contributed by atoms with Crippen LogP contribution in [0, 0.1) is 5.41 Å². The minimum absolute atomic E-state index is 0.0739. The predicted octanol–water partition coefficient (Wildman–Crippen LogP) is 2.43. The molecule has 3 nitrogen and oxygen atoms in total. The van der Waals surface area contributed by atoms with Crippen molar-refractivity contribution in [1.82, 2.24) is 9.88 Å². The van der Waals surface area contributed by atoms with Crippen molar-refractivity contribution in [2.75, 3.05) is 6.54 Å². The highest BCUT2D eigenvalue weighted by atomic mass is 16.1. The number of aryl methyl sites for hydroxylation is 1. The monoisotopic (exact) mass is 222 g/mol. The van der Waals surface area contributed by atoms with Gasteiger partial charge in [-0.25, -0.2) is 0 Å². The van der Waals surface area contributed by atoms with Gasteiger partial charge in [-0.2, -0.15) is 0 Å². The summed E-state index contributed by atoms with van der Waals surface area (Å²) >= 11 is 0. The lowest BCUT2D eigenvalue weighted by atomic mass is 9.92. The van der Waals surface area contributed by atoms with Crippen molar-refractivity contribution in [2.45, 2.75) is 40.2 Å². The van der Waals surface area contributed by atoms with E-state index in [1.54, 1.807) is 0 Å². The van der Waals surface area contributed by atoms with Gasteiger partial charge in [-0.05, 0) is 24.0 Å². The fourth-order valence-corrected chi connectivity index (χ4v) is 1.55. The minimum atomic E-state index is 0.0739. The van der Waals surface area contributed by atoms with Crippen LogP contribution < -0.4 is 5.32 Å². The molecule has 1 N–H and O–H groups in total. The maximum atomic E-state index is 11.5. The van der Waals surface area contributed by atoms with Crippen LogP contribution >= 0.6 is 0 Å². The summed E-state index contributed by atoms with van der Waals surface area (Å²) in [5.74, 6) is 0.153. The molecule has 0 fully saturated rings. The predicted molar refractivity (Wildman–Crippen MR) is 66.1 cm³/mol. The molecule has 0 aliphatic heterocycles. The Bertz CT molecular complexity index is 309. The first kappa shape index (κ1) is 12.8. The average Bonchev–Trinajstić information content (AvgIpc) is 2.62. The standard InChI is InChI=1S/C13H22N2O/c1-13(2,3)11-12(16)14-7-6-10-15-8-4-5-9-15/h4-5,8-9H,6-7,10-11H2,1-3H3,(H,14,16). The first-order chi connectivity index (χ1) is 7.47. The number of nitrogens with one attached hydrogen (secondary N) is 1. The zero-order valence-corrected chi connectivity index (χ0v) is 10.5. The number of aromatic nitrogens is 1. The Morgan fingerprint density at radius 2 is 1.88 bits per heavy atom. The molecule has 1 heterocycles. The summed E-state index contributed by atoms with van der Waals surface area (Å²) in [4.78, 5) is 11.5. The summed E-state index contributed by atoms with van der Waals surface area (Å²) in [6.45, 7) is 7.95. The van der Waals surface area contributed by atoms with Crippen LogP contribution in [0.5, 0.6) is 0 Å². The summed E-state index contributed by atoms with van der Waals surface area (Å²) in [7, 11) is 0. The van der Waals surface area contributed by atoms with Gasteiger partial charge in [-0.15, -0.1) is 0 Å². The first-order valence-corrected chi connectivity index (χ1v) is 5.85. The summed E-state index contributed by atoms with van der Waals surface area (Å²) in [6.07, 6.45) is 5.65. The van der Waals surface area contributed by atoms with Crippen LogP contribution in [0.1, 0.15) is 33.6 Å². The van der Waals surface area contributed by atoms with E-state index in [9.17, 15) is 4.79 Å². The highest BCUT2D eigenvalue weighted by Gasteiger charge is 2.14. The van der Waals surface area contributed by atoms with Crippen molar-refractivity contribution in [3.05, 3.63) is 24.5 Å². The fourth-order valence-electron chi connectivity index (χ4n) is 1.55. The highest BCUT2D eigenvalue weighted by molar-refractivity contribution is 5.76. The van der Waals surface area contributed by atoms with Crippen LogP contribution in [0.3, 0.4) is 0 Å².